The summed E-state index contributed by atoms with van der Waals surface area (Å²) in [5.41, 5.74) is 1.29. The van der Waals surface area contributed by atoms with E-state index in [2.05, 4.69) is 5.32 Å². The molecule has 0 fully saturated rings. The lowest BCUT2D eigenvalue weighted by Crippen LogP contribution is -2.27. The molecule has 5 heteroatoms. The van der Waals surface area contributed by atoms with Crippen molar-refractivity contribution in [2.75, 3.05) is 39.2 Å². The number of anilines is 1. The van der Waals surface area contributed by atoms with Gasteiger partial charge in [0.25, 0.3) is 0 Å². The molecule has 0 saturated carbocycles. The van der Waals surface area contributed by atoms with Crippen molar-refractivity contribution < 1.29 is 9.53 Å². The van der Waals surface area contributed by atoms with E-state index in [-0.39, 0.29) is 5.91 Å². The third-order valence-electron chi connectivity index (χ3n) is 2.70. The van der Waals surface area contributed by atoms with E-state index < -0.39 is 0 Å². The first kappa shape index (κ1) is 15.2. The van der Waals surface area contributed by atoms with Crippen molar-refractivity contribution in [3.63, 3.8) is 0 Å². The summed E-state index contributed by atoms with van der Waals surface area (Å²) in [6.07, 6.45) is 0.431. The Bertz CT molecular complexity index is 437. The van der Waals surface area contributed by atoms with E-state index in [9.17, 15) is 4.79 Å². The van der Waals surface area contributed by atoms with E-state index in [4.69, 9.17) is 10.00 Å². The third kappa shape index (κ3) is 6.00. The first-order valence-corrected chi connectivity index (χ1v) is 6.13. The van der Waals surface area contributed by atoms with Crippen LogP contribution < -0.4 is 5.32 Å². The highest BCUT2D eigenvalue weighted by atomic mass is 16.5. The van der Waals surface area contributed by atoms with E-state index in [0.717, 1.165) is 6.54 Å². The fourth-order valence-corrected chi connectivity index (χ4v) is 1.50. The minimum absolute atomic E-state index is 0.0334. The van der Waals surface area contributed by atoms with Crippen molar-refractivity contribution in [2.45, 2.75) is 6.42 Å². The van der Waals surface area contributed by atoms with Gasteiger partial charge in [-0.2, -0.15) is 5.26 Å². The lowest BCUT2D eigenvalue weighted by atomic mass is 10.2. The molecule has 0 aliphatic carbocycles. The summed E-state index contributed by atoms with van der Waals surface area (Å²) in [6, 6.07) is 8.85. The molecule has 1 aromatic carbocycles. The molecule has 0 aromatic heterocycles. The van der Waals surface area contributed by atoms with Gasteiger partial charge >= 0.3 is 0 Å². The van der Waals surface area contributed by atoms with Crippen LogP contribution in [0.1, 0.15) is 12.0 Å². The van der Waals surface area contributed by atoms with Crippen LogP contribution in [0.25, 0.3) is 0 Å². The van der Waals surface area contributed by atoms with Gasteiger partial charge in [-0.15, -0.1) is 0 Å². The molecule has 0 aliphatic rings. The molecule has 0 atom stereocenters. The number of nitriles is 1. The second kappa shape index (κ2) is 8.25. The first-order valence-electron chi connectivity index (χ1n) is 6.13. The normalized spacial score (nSPS) is 10.2. The van der Waals surface area contributed by atoms with Crippen molar-refractivity contribution in [3.8, 4) is 6.07 Å². The van der Waals surface area contributed by atoms with Gasteiger partial charge in [0.15, 0.2) is 0 Å². The highest BCUT2D eigenvalue weighted by Gasteiger charge is 2.05. The number of hydrogen-bond acceptors (Lipinski definition) is 4. The molecule has 0 saturated heterocycles. The monoisotopic (exact) mass is 261 g/mol. The molecule has 0 aliphatic heterocycles. The molecule has 0 heterocycles. The Labute approximate surface area is 113 Å². The van der Waals surface area contributed by atoms with Gasteiger partial charge in [-0.05, 0) is 31.3 Å². The van der Waals surface area contributed by atoms with Crippen LogP contribution in [0.3, 0.4) is 0 Å². The fraction of sp³-hybridized carbons (Fsp3) is 0.429. The number of nitrogens with zero attached hydrogens (tertiary/aromatic N) is 2. The molecular weight excluding hydrogens is 242 g/mol. The van der Waals surface area contributed by atoms with Crippen LogP contribution in [0.5, 0.6) is 0 Å². The summed E-state index contributed by atoms with van der Waals surface area (Å²) in [4.78, 5) is 13.8. The van der Waals surface area contributed by atoms with Crippen molar-refractivity contribution in [2.24, 2.45) is 0 Å². The molecule has 5 nitrogen and oxygen atoms in total. The number of nitrogens with one attached hydrogen (secondary N) is 1. The molecule has 0 spiro atoms. The van der Waals surface area contributed by atoms with Gasteiger partial charge in [0.05, 0.1) is 18.2 Å². The third-order valence-corrected chi connectivity index (χ3v) is 2.70. The molecule has 0 bridgehead atoms. The van der Waals surface area contributed by atoms with Crippen LogP contribution >= 0.6 is 0 Å². The Hall–Kier alpha value is -1.90. The van der Waals surface area contributed by atoms with Gasteiger partial charge in [0.1, 0.15) is 0 Å². The van der Waals surface area contributed by atoms with E-state index in [1.807, 2.05) is 18.0 Å². The number of methoxy groups -OCH3 is 1. The second-order valence-corrected chi connectivity index (χ2v) is 4.28. The standard InChI is InChI=1S/C14H19N3O2/c1-17(9-10-19-2)8-7-14(18)16-13-5-3-12(11-15)4-6-13/h3-6H,7-10H2,1-2H3,(H,16,18). The van der Waals surface area contributed by atoms with Crippen LogP contribution in [0.15, 0.2) is 24.3 Å². The summed E-state index contributed by atoms with van der Waals surface area (Å²) in [5.74, 6) is -0.0334. The van der Waals surface area contributed by atoms with Crippen LogP contribution in [0, 0.1) is 11.3 Å². The predicted octanol–water partition coefficient (Wildman–Crippen LogP) is 1.47. The number of likely N-dealkylation sites (N-methyl/N-ethyl adjacent to an activating group) is 1. The van der Waals surface area contributed by atoms with Gasteiger partial charge in [0.2, 0.25) is 5.91 Å². The number of rotatable bonds is 7. The largest absolute Gasteiger partial charge is 0.383 e. The Balaban J connectivity index is 2.32. The highest BCUT2D eigenvalue weighted by Crippen LogP contribution is 2.09. The smallest absolute Gasteiger partial charge is 0.225 e. The summed E-state index contributed by atoms with van der Waals surface area (Å²) in [5, 5.41) is 11.5. The summed E-state index contributed by atoms with van der Waals surface area (Å²) in [7, 11) is 3.61. The van der Waals surface area contributed by atoms with E-state index in [1.54, 1.807) is 31.4 Å². The Kier molecular flexibility index (Phi) is 6.58. The maximum absolute atomic E-state index is 11.7. The minimum atomic E-state index is -0.0334. The number of benzene rings is 1. The lowest BCUT2D eigenvalue weighted by Gasteiger charge is -2.15. The maximum atomic E-state index is 11.7. The fourth-order valence-electron chi connectivity index (χ4n) is 1.50. The van der Waals surface area contributed by atoms with E-state index in [1.165, 1.54) is 0 Å². The molecule has 102 valence electrons. The highest BCUT2D eigenvalue weighted by molar-refractivity contribution is 5.90. The zero-order valence-corrected chi connectivity index (χ0v) is 11.3. The van der Waals surface area contributed by atoms with Crippen molar-refractivity contribution >= 4 is 11.6 Å². The average Bonchev–Trinajstić information content (AvgIpc) is 2.43. The number of amides is 1. The van der Waals surface area contributed by atoms with E-state index >= 15 is 0 Å². The van der Waals surface area contributed by atoms with Crippen molar-refractivity contribution in [3.05, 3.63) is 29.8 Å². The maximum Gasteiger partial charge on any atom is 0.225 e. The SMILES string of the molecule is COCCN(C)CCC(=O)Nc1ccc(C#N)cc1. The van der Waals surface area contributed by atoms with Gasteiger partial charge in [-0.3, -0.25) is 4.79 Å². The topological polar surface area (TPSA) is 65.4 Å². The van der Waals surface area contributed by atoms with E-state index in [0.29, 0.717) is 30.8 Å². The molecule has 0 unspecified atom stereocenters. The van der Waals surface area contributed by atoms with Crippen LogP contribution in [-0.2, 0) is 9.53 Å². The van der Waals surface area contributed by atoms with Crippen LogP contribution in [0.4, 0.5) is 5.69 Å². The molecular formula is C14H19N3O2. The number of hydrogen-bond donors (Lipinski definition) is 1. The predicted molar refractivity (Wildman–Crippen MR) is 73.8 cm³/mol. The van der Waals surface area contributed by atoms with Gasteiger partial charge < -0.3 is 15.0 Å². The molecule has 1 aromatic rings. The first-order chi connectivity index (χ1) is 9.15. The van der Waals surface area contributed by atoms with Gasteiger partial charge in [-0.1, -0.05) is 0 Å². The minimum Gasteiger partial charge on any atom is -0.383 e. The second-order valence-electron chi connectivity index (χ2n) is 4.28. The molecule has 19 heavy (non-hydrogen) atoms. The number of ether oxygens (including phenoxy) is 1. The zero-order valence-electron chi connectivity index (χ0n) is 11.3. The number of carbonyl (C=O) groups excluding carboxylic acids is 1. The average molecular weight is 261 g/mol. The molecule has 1 amide bonds. The summed E-state index contributed by atoms with van der Waals surface area (Å²) < 4.78 is 4.97. The summed E-state index contributed by atoms with van der Waals surface area (Å²) >= 11 is 0. The van der Waals surface area contributed by atoms with Crippen molar-refractivity contribution in [1.82, 2.24) is 4.90 Å². The Morgan fingerprint density at radius 3 is 2.63 bits per heavy atom. The van der Waals surface area contributed by atoms with Gasteiger partial charge in [-0.25, -0.2) is 0 Å². The lowest BCUT2D eigenvalue weighted by molar-refractivity contribution is -0.116. The zero-order chi connectivity index (χ0) is 14.1. The molecule has 1 N–H and O–H groups in total. The summed E-state index contributed by atoms with van der Waals surface area (Å²) in [6.45, 7) is 2.15. The Morgan fingerprint density at radius 1 is 1.37 bits per heavy atom. The van der Waals surface area contributed by atoms with Crippen molar-refractivity contribution in [1.29, 1.82) is 5.26 Å². The van der Waals surface area contributed by atoms with Gasteiger partial charge in [0, 0.05) is 32.3 Å². The number of carbonyl (C=O) groups is 1. The Morgan fingerprint density at radius 2 is 2.05 bits per heavy atom. The van der Waals surface area contributed by atoms with Crippen LogP contribution in [-0.4, -0.2) is 44.7 Å². The molecule has 0 radical (unpaired) electrons. The molecule has 1 rings (SSSR count). The van der Waals surface area contributed by atoms with Crippen LogP contribution in [0.2, 0.25) is 0 Å². The quantitative estimate of drug-likeness (QED) is 0.807.